The van der Waals surface area contributed by atoms with Gasteiger partial charge < -0.3 is 14.0 Å². The average molecular weight is 778 g/mol. The molecule has 0 aliphatic heterocycles. The number of hydrogen-bond acceptors (Lipinski definition) is 1. The summed E-state index contributed by atoms with van der Waals surface area (Å²) in [5.74, 6) is 0. The molecule has 10 aromatic carbocycles. The van der Waals surface area contributed by atoms with Crippen molar-refractivity contribution < 1.29 is 0 Å². The Morgan fingerprint density at radius 2 is 0.787 bits per heavy atom. The second-order valence-corrected chi connectivity index (χ2v) is 15.7. The van der Waals surface area contributed by atoms with Crippen LogP contribution in [0.15, 0.2) is 237 Å². The normalized spacial score (nSPS) is 11.6. The Balaban J connectivity index is 1.12. The Bertz CT molecular complexity index is 3550. The largest absolute Gasteiger partial charge is 0.309 e. The molecule has 61 heavy (non-hydrogen) atoms. The molecule has 0 saturated carbocycles. The van der Waals surface area contributed by atoms with E-state index in [1.807, 2.05) is 0 Å². The maximum atomic E-state index is 2.45. The second kappa shape index (κ2) is 14.3. The fraction of sp³-hybridized carbons (Fsp3) is 0. The van der Waals surface area contributed by atoms with Gasteiger partial charge in [0, 0.05) is 44.2 Å². The van der Waals surface area contributed by atoms with Crippen molar-refractivity contribution in [2.45, 2.75) is 0 Å². The van der Waals surface area contributed by atoms with E-state index in [2.05, 4.69) is 251 Å². The molecule has 2 aromatic heterocycles. The van der Waals surface area contributed by atoms with Gasteiger partial charge in [-0.05, 0) is 94.2 Å². The summed E-state index contributed by atoms with van der Waals surface area (Å²) in [5.41, 5.74) is 14.9. The number of fused-ring (bicyclic) bond motifs is 7. The number of hydrogen-bond donors (Lipinski definition) is 0. The summed E-state index contributed by atoms with van der Waals surface area (Å²) in [6.45, 7) is 0. The lowest BCUT2D eigenvalue weighted by Crippen LogP contribution is -2.13. The minimum absolute atomic E-state index is 1.07. The summed E-state index contributed by atoms with van der Waals surface area (Å²) in [4.78, 5) is 2.45. The molecular formula is C58H39N3. The molecule has 0 N–H and O–H groups in total. The maximum absolute atomic E-state index is 2.45. The van der Waals surface area contributed by atoms with Gasteiger partial charge in [0.05, 0.1) is 33.4 Å². The zero-order chi connectivity index (χ0) is 40.3. The van der Waals surface area contributed by atoms with Crippen LogP contribution in [0, 0.1) is 0 Å². The molecule has 286 valence electrons. The van der Waals surface area contributed by atoms with Crippen LogP contribution in [0.25, 0.3) is 88.0 Å². The zero-order valence-corrected chi connectivity index (χ0v) is 33.4. The first-order valence-corrected chi connectivity index (χ1v) is 20.9. The smallest absolute Gasteiger partial charge is 0.0702 e. The number of benzene rings is 10. The van der Waals surface area contributed by atoms with Crippen molar-refractivity contribution in [2.24, 2.45) is 0 Å². The Morgan fingerprint density at radius 3 is 1.49 bits per heavy atom. The van der Waals surface area contributed by atoms with Crippen LogP contribution >= 0.6 is 0 Å². The average Bonchev–Trinajstić information content (AvgIpc) is 3.85. The van der Waals surface area contributed by atoms with Gasteiger partial charge in [-0.15, -0.1) is 0 Å². The Hall–Kier alpha value is -8.14. The van der Waals surface area contributed by atoms with Gasteiger partial charge in [-0.25, -0.2) is 0 Å². The minimum atomic E-state index is 1.07. The lowest BCUT2D eigenvalue weighted by molar-refractivity contribution is 1.15. The third-order valence-corrected chi connectivity index (χ3v) is 12.3. The van der Waals surface area contributed by atoms with Crippen molar-refractivity contribution in [3.05, 3.63) is 237 Å². The molecule has 0 bridgehead atoms. The standard InChI is InChI=1S/C58H39N3/c1-2-22-43(23-3-1)60-53-33-9-8-29-51(53)52-32-17-31-48(58(52)60)42-21-15-25-45(39-42)59(44-24-14-20-41(38-44)47-30-16-19-40-18-4-5-26-46(40)47)56-36-12-13-37-57(56)61-54-34-10-6-27-49(54)50-28-7-11-35-55(50)61/h1-39H. The Labute approximate surface area is 354 Å². The summed E-state index contributed by atoms with van der Waals surface area (Å²) in [6.07, 6.45) is 0. The van der Waals surface area contributed by atoms with Crippen LogP contribution in [0.1, 0.15) is 0 Å². The van der Waals surface area contributed by atoms with Crippen molar-refractivity contribution in [1.29, 1.82) is 0 Å². The van der Waals surface area contributed by atoms with Gasteiger partial charge in [0.2, 0.25) is 0 Å². The third kappa shape index (κ3) is 5.66. The van der Waals surface area contributed by atoms with Gasteiger partial charge >= 0.3 is 0 Å². The summed E-state index contributed by atoms with van der Waals surface area (Å²) in [5, 5.41) is 7.42. The monoisotopic (exact) mass is 777 g/mol. The molecule has 2 heterocycles. The molecule has 3 heteroatoms. The van der Waals surface area contributed by atoms with Crippen LogP contribution in [0.2, 0.25) is 0 Å². The van der Waals surface area contributed by atoms with Crippen LogP contribution < -0.4 is 4.90 Å². The summed E-state index contributed by atoms with van der Waals surface area (Å²) < 4.78 is 4.86. The highest BCUT2D eigenvalue weighted by Crippen LogP contribution is 2.45. The first-order chi connectivity index (χ1) is 30.3. The van der Waals surface area contributed by atoms with E-state index in [1.54, 1.807) is 0 Å². The molecule has 0 amide bonds. The topological polar surface area (TPSA) is 13.1 Å². The molecule has 0 spiro atoms. The summed E-state index contributed by atoms with van der Waals surface area (Å²) in [6, 6.07) is 86.0. The van der Waals surface area contributed by atoms with Crippen LogP contribution in [0.4, 0.5) is 17.1 Å². The van der Waals surface area contributed by atoms with E-state index >= 15 is 0 Å². The molecule has 0 unspecified atom stereocenters. The predicted molar refractivity (Wildman–Crippen MR) is 258 cm³/mol. The van der Waals surface area contributed by atoms with Gasteiger partial charge in [-0.3, -0.25) is 0 Å². The van der Waals surface area contributed by atoms with Crippen molar-refractivity contribution in [3.63, 3.8) is 0 Å². The minimum Gasteiger partial charge on any atom is -0.309 e. The molecule has 12 rings (SSSR count). The van der Waals surface area contributed by atoms with Crippen molar-refractivity contribution in [2.75, 3.05) is 4.90 Å². The highest BCUT2D eigenvalue weighted by Gasteiger charge is 2.22. The quantitative estimate of drug-likeness (QED) is 0.157. The van der Waals surface area contributed by atoms with E-state index < -0.39 is 0 Å². The molecule has 0 aliphatic rings. The van der Waals surface area contributed by atoms with Crippen molar-refractivity contribution in [3.8, 4) is 33.6 Å². The van der Waals surface area contributed by atoms with Crippen LogP contribution in [0.5, 0.6) is 0 Å². The van der Waals surface area contributed by atoms with Crippen LogP contribution in [-0.2, 0) is 0 Å². The first-order valence-electron chi connectivity index (χ1n) is 20.9. The Morgan fingerprint density at radius 1 is 0.311 bits per heavy atom. The van der Waals surface area contributed by atoms with E-state index in [-0.39, 0.29) is 0 Å². The lowest BCUT2D eigenvalue weighted by Gasteiger charge is -2.29. The molecule has 3 nitrogen and oxygen atoms in total. The van der Waals surface area contributed by atoms with E-state index in [1.165, 1.54) is 71.1 Å². The number of aromatic nitrogens is 2. The highest BCUT2D eigenvalue weighted by atomic mass is 15.2. The van der Waals surface area contributed by atoms with E-state index in [0.29, 0.717) is 0 Å². The molecular weight excluding hydrogens is 739 g/mol. The van der Waals surface area contributed by atoms with E-state index in [0.717, 1.165) is 34.0 Å². The molecule has 0 saturated heterocycles. The number of rotatable bonds is 7. The lowest BCUT2D eigenvalue weighted by atomic mass is 9.97. The van der Waals surface area contributed by atoms with Gasteiger partial charge in [-0.2, -0.15) is 0 Å². The fourth-order valence-electron chi connectivity index (χ4n) is 9.65. The van der Waals surface area contributed by atoms with E-state index in [4.69, 9.17) is 0 Å². The molecule has 0 atom stereocenters. The third-order valence-electron chi connectivity index (χ3n) is 12.3. The van der Waals surface area contributed by atoms with Crippen LogP contribution in [-0.4, -0.2) is 9.13 Å². The number of nitrogens with zero attached hydrogens (tertiary/aromatic N) is 3. The first kappa shape index (κ1) is 34.9. The van der Waals surface area contributed by atoms with Crippen LogP contribution in [0.3, 0.4) is 0 Å². The fourth-order valence-corrected chi connectivity index (χ4v) is 9.65. The van der Waals surface area contributed by atoms with Gasteiger partial charge in [-0.1, -0.05) is 170 Å². The van der Waals surface area contributed by atoms with E-state index in [9.17, 15) is 0 Å². The second-order valence-electron chi connectivity index (χ2n) is 15.7. The molecule has 0 aliphatic carbocycles. The number of para-hydroxylation sites is 7. The Kier molecular flexibility index (Phi) is 8.17. The maximum Gasteiger partial charge on any atom is 0.0702 e. The molecule has 0 fully saturated rings. The molecule has 0 radical (unpaired) electrons. The highest BCUT2D eigenvalue weighted by molar-refractivity contribution is 6.14. The summed E-state index contributed by atoms with van der Waals surface area (Å²) >= 11 is 0. The molecule has 12 aromatic rings. The SMILES string of the molecule is c1ccc(-n2c3ccccc3c3cccc(-c4cccc(N(c5cccc(-c6cccc7ccccc67)c5)c5ccccc5-n5c6ccccc6c6ccccc65)c4)c32)cc1. The van der Waals surface area contributed by atoms with Crippen molar-refractivity contribution in [1.82, 2.24) is 9.13 Å². The predicted octanol–water partition coefficient (Wildman–Crippen LogP) is 15.8. The van der Waals surface area contributed by atoms with Gasteiger partial charge in [0.25, 0.3) is 0 Å². The summed E-state index contributed by atoms with van der Waals surface area (Å²) in [7, 11) is 0. The zero-order valence-electron chi connectivity index (χ0n) is 33.4. The van der Waals surface area contributed by atoms with Gasteiger partial charge in [0.1, 0.15) is 0 Å². The van der Waals surface area contributed by atoms with Gasteiger partial charge in [0.15, 0.2) is 0 Å². The number of anilines is 3. The van der Waals surface area contributed by atoms with Crippen molar-refractivity contribution >= 4 is 71.4 Å².